The highest BCUT2D eigenvalue weighted by molar-refractivity contribution is 7.13. The van der Waals surface area contributed by atoms with Crippen molar-refractivity contribution in [3.05, 3.63) is 34.6 Å². The Hall–Kier alpha value is -1.62. The molecule has 4 nitrogen and oxygen atoms in total. The number of hydrogen-bond acceptors (Lipinski definition) is 3. The molecule has 112 valence electrons. The molecule has 0 aliphatic heterocycles. The predicted octanol–water partition coefficient (Wildman–Crippen LogP) is 4.32. The van der Waals surface area contributed by atoms with E-state index in [1.807, 2.05) is 11.4 Å². The van der Waals surface area contributed by atoms with E-state index in [-0.39, 0.29) is 5.91 Å². The average Bonchev–Trinajstić information content (AvgIpc) is 3.08. The topological polar surface area (TPSA) is 46.9 Å². The summed E-state index contributed by atoms with van der Waals surface area (Å²) in [5, 5.41) is 5.39. The fourth-order valence-corrected chi connectivity index (χ4v) is 3.88. The zero-order valence-corrected chi connectivity index (χ0v) is 13.4. The Morgan fingerprint density at radius 1 is 1.33 bits per heavy atom. The van der Waals surface area contributed by atoms with E-state index in [0.29, 0.717) is 11.2 Å². The summed E-state index contributed by atoms with van der Waals surface area (Å²) < 4.78 is 2.36. The van der Waals surface area contributed by atoms with Gasteiger partial charge in [-0.05, 0) is 32.8 Å². The summed E-state index contributed by atoms with van der Waals surface area (Å²) in [6.45, 7) is 4.15. The lowest BCUT2D eigenvalue weighted by molar-refractivity contribution is 0.102. The molecular weight excluding hydrogens is 282 g/mol. The Bertz CT molecular complexity index is 624. The Labute approximate surface area is 129 Å². The van der Waals surface area contributed by atoms with Gasteiger partial charge in [0.2, 0.25) is 0 Å². The van der Waals surface area contributed by atoms with Gasteiger partial charge in [0.15, 0.2) is 5.13 Å². The van der Waals surface area contributed by atoms with Crippen molar-refractivity contribution in [3.8, 4) is 0 Å². The largest absolute Gasteiger partial charge is 0.345 e. The van der Waals surface area contributed by atoms with Crippen LogP contribution in [-0.2, 0) is 0 Å². The molecule has 1 N–H and O–H groups in total. The molecule has 1 saturated carbocycles. The van der Waals surface area contributed by atoms with Gasteiger partial charge >= 0.3 is 0 Å². The van der Waals surface area contributed by atoms with Crippen molar-refractivity contribution in [2.24, 2.45) is 0 Å². The summed E-state index contributed by atoms with van der Waals surface area (Å²) in [5.41, 5.74) is 3.03. The number of carbonyl (C=O) groups is 1. The number of rotatable bonds is 3. The molecule has 3 rings (SSSR count). The van der Waals surface area contributed by atoms with Gasteiger partial charge in [-0.3, -0.25) is 10.1 Å². The summed E-state index contributed by atoms with van der Waals surface area (Å²) in [5.74, 6) is -0.0555. The quantitative estimate of drug-likeness (QED) is 0.918. The molecule has 0 bridgehead atoms. The zero-order valence-electron chi connectivity index (χ0n) is 12.6. The van der Waals surface area contributed by atoms with Gasteiger partial charge in [-0.25, -0.2) is 4.98 Å². The summed E-state index contributed by atoms with van der Waals surface area (Å²) in [7, 11) is 0. The lowest BCUT2D eigenvalue weighted by atomic mass is 9.95. The number of amides is 1. The predicted molar refractivity (Wildman–Crippen MR) is 86.1 cm³/mol. The third-order valence-electron chi connectivity index (χ3n) is 4.32. The maximum absolute atomic E-state index is 12.4. The molecule has 1 amide bonds. The van der Waals surface area contributed by atoms with Gasteiger partial charge in [0.05, 0.1) is 5.56 Å². The Balaban J connectivity index is 1.84. The molecule has 1 aliphatic rings. The van der Waals surface area contributed by atoms with Crippen LogP contribution in [-0.4, -0.2) is 15.5 Å². The maximum atomic E-state index is 12.4. The summed E-state index contributed by atoms with van der Waals surface area (Å²) in [4.78, 5) is 16.5. The first-order valence-corrected chi connectivity index (χ1v) is 8.44. The van der Waals surface area contributed by atoms with E-state index >= 15 is 0 Å². The molecule has 5 heteroatoms. The first kappa shape index (κ1) is 14.3. The number of nitrogens with one attached hydrogen (secondary N) is 1. The molecule has 1 aliphatic carbocycles. The zero-order chi connectivity index (χ0) is 14.8. The molecule has 21 heavy (non-hydrogen) atoms. The van der Waals surface area contributed by atoms with Crippen LogP contribution >= 0.6 is 11.3 Å². The van der Waals surface area contributed by atoms with Crippen LogP contribution in [0.1, 0.15) is 59.9 Å². The molecule has 1 fully saturated rings. The normalized spacial score (nSPS) is 16.1. The minimum atomic E-state index is -0.0555. The second kappa shape index (κ2) is 6.02. The van der Waals surface area contributed by atoms with Crippen LogP contribution < -0.4 is 5.32 Å². The van der Waals surface area contributed by atoms with Crippen LogP contribution in [0.2, 0.25) is 0 Å². The number of hydrogen-bond donors (Lipinski definition) is 1. The number of anilines is 1. The molecule has 0 unspecified atom stereocenters. The van der Waals surface area contributed by atoms with Gasteiger partial charge < -0.3 is 4.57 Å². The fourth-order valence-electron chi connectivity index (χ4n) is 3.36. The van der Waals surface area contributed by atoms with Crippen molar-refractivity contribution >= 4 is 22.4 Å². The summed E-state index contributed by atoms with van der Waals surface area (Å²) in [6, 6.07) is 2.56. The molecule has 0 saturated heterocycles. The smallest absolute Gasteiger partial charge is 0.259 e. The van der Waals surface area contributed by atoms with Gasteiger partial charge in [-0.15, -0.1) is 11.3 Å². The van der Waals surface area contributed by atoms with E-state index in [0.717, 1.165) is 11.3 Å². The van der Waals surface area contributed by atoms with Crippen LogP contribution in [0.15, 0.2) is 17.6 Å². The highest BCUT2D eigenvalue weighted by Crippen LogP contribution is 2.32. The van der Waals surface area contributed by atoms with Gasteiger partial charge in [-0.2, -0.15) is 0 Å². The van der Waals surface area contributed by atoms with Gasteiger partial charge in [-0.1, -0.05) is 19.3 Å². The fraction of sp³-hybridized carbons (Fsp3) is 0.500. The minimum absolute atomic E-state index is 0.0555. The molecule has 2 aromatic heterocycles. The number of aryl methyl sites for hydroxylation is 1. The highest BCUT2D eigenvalue weighted by atomic mass is 32.1. The van der Waals surface area contributed by atoms with Crippen molar-refractivity contribution in [3.63, 3.8) is 0 Å². The first-order chi connectivity index (χ1) is 10.2. The number of carbonyl (C=O) groups excluding carboxylic acids is 1. The van der Waals surface area contributed by atoms with Crippen molar-refractivity contribution in [2.75, 3.05) is 5.32 Å². The molecule has 0 radical (unpaired) electrons. The van der Waals surface area contributed by atoms with E-state index in [9.17, 15) is 4.79 Å². The van der Waals surface area contributed by atoms with Gasteiger partial charge in [0.1, 0.15) is 0 Å². The van der Waals surface area contributed by atoms with Crippen LogP contribution in [0.4, 0.5) is 5.13 Å². The molecule has 0 spiro atoms. The molecular formula is C16H21N3OS. The number of thiazole rings is 1. The Kier molecular flexibility index (Phi) is 4.10. The highest BCUT2D eigenvalue weighted by Gasteiger charge is 2.22. The lowest BCUT2D eigenvalue weighted by Crippen LogP contribution is -2.17. The van der Waals surface area contributed by atoms with Crippen molar-refractivity contribution in [1.82, 2.24) is 9.55 Å². The van der Waals surface area contributed by atoms with Crippen LogP contribution in [0.5, 0.6) is 0 Å². The van der Waals surface area contributed by atoms with Crippen LogP contribution in [0, 0.1) is 13.8 Å². The van der Waals surface area contributed by atoms with E-state index in [1.54, 1.807) is 6.20 Å². The van der Waals surface area contributed by atoms with E-state index in [2.05, 4.69) is 28.7 Å². The van der Waals surface area contributed by atoms with Crippen molar-refractivity contribution in [1.29, 1.82) is 0 Å². The standard InChI is InChI=1S/C16H21N3OS/c1-11-10-14(15(20)18-16-17-8-9-21-16)12(2)19(11)13-6-4-3-5-7-13/h8-10,13H,3-7H2,1-2H3,(H,17,18,20). The summed E-state index contributed by atoms with van der Waals surface area (Å²) in [6.07, 6.45) is 8.08. The SMILES string of the molecule is Cc1cc(C(=O)Nc2nccs2)c(C)n1C1CCCCC1. The molecule has 0 aromatic carbocycles. The maximum Gasteiger partial charge on any atom is 0.259 e. The first-order valence-electron chi connectivity index (χ1n) is 7.56. The van der Waals surface area contributed by atoms with Crippen LogP contribution in [0.3, 0.4) is 0 Å². The summed E-state index contributed by atoms with van der Waals surface area (Å²) >= 11 is 1.44. The van der Waals surface area contributed by atoms with Crippen LogP contribution in [0.25, 0.3) is 0 Å². The van der Waals surface area contributed by atoms with E-state index in [4.69, 9.17) is 0 Å². The van der Waals surface area contributed by atoms with Crippen molar-refractivity contribution < 1.29 is 4.79 Å². The molecule has 0 atom stereocenters. The van der Waals surface area contributed by atoms with Crippen molar-refractivity contribution in [2.45, 2.75) is 52.0 Å². The Morgan fingerprint density at radius 3 is 2.76 bits per heavy atom. The third kappa shape index (κ3) is 2.88. The Morgan fingerprint density at radius 2 is 2.10 bits per heavy atom. The molecule has 2 heterocycles. The van der Waals surface area contributed by atoms with E-state index in [1.165, 1.54) is 49.1 Å². The number of nitrogens with zero attached hydrogens (tertiary/aromatic N) is 2. The second-order valence-electron chi connectivity index (χ2n) is 5.74. The minimum Gasteiger partial charge on any atom is -0.345 e. The number of aromatic nitrogens is 2. The monoisotopic (exact) mass is 303 g/mol. The third-order valence-corrected chi connectivity index (χ3v) is 5.01. The lowest BCUT2D eigenvalue weighted by Gasteiger charge is -2.26. The van der Waals surface area contributed by atoms with Gasteiger partial charge in [0, 0.05) is 29.0 Å². The second-order valence-corrected chi connectivity index (χ2v) is 6.63. The van der Waals surface area contributed by atoms with Gasteiger partial charge in [0.25, 0.3) is 5.91 Å². The van der Waals surface area contributed by atoms with E-state index < -0.39 is 0 Å². The molecule has 2 aromatic rings. The average molecular weight is 303 g/mol.